The Morgan fingerprint density at radius 3 is 2.54 bits per heavy atom. The van der Waals surface area contributed by atoms with Crippen molar-refractivity contribution in [3.05, 3.63) is 0 Å². The molecular weight excluding hydrogens is 176 g/mol. The molecule has 0 saturated carbocycles. The van der Waals surface area contributed by atoms with Crippen molar-refractivity contribution in [3.63, 3.8) is 0 Å². The Balaban J connectivity index is 2.42. The first kappa shape index (κ1) is 10.4. The number of ether oxygens (including phenoxy) is 2. The minimum Gasteiger partial charge on any atom is -0.433 e. The lowest BCUT2D eigenvalue weighted by Gasteiger charge is -2.16. The van der Waals surface area contributed by atoms with Crippen LogP contribution in [-0.4, -0.2) is 41.3 Å². The molecule has 0 spiro atoms. The van der Waals surface area contributed by atoms with Gasteiger partial charge in [-0.2, -0.15) is 0 Å². The van der Waals surface area contributed by atoms with E-state index in [1.165, 1.54) is 0 Å². The van der Waals surface area contributed by atoms with Gasteiger partial charge in [-0.25, -0.2) is 0 Å². The van der Waals surface area contributed by atoms with E-state index >= 15 is 0 Å². The van der Waals surface area contributed by atoms with Gasteiger partial charge in [-0.1, -0.05) is 13.8 Å². The van der Waals surface area contributed by atoms with Crippen LogP contribution in [0.3, 0.4) is 0 Å². The molecule has 1 rings (SSSR count). The van der Waals surface area contributed by atoms with Gasteiger partial charge in [0.2, 0.25) is 6.29 Å². The van der Waals surface area contributed by atoms with Gasteiger partial charge in [0.15, 0.2) is 0 Å². The van der Waals surface area contributed by atoms with E-state index in [9.17, 15) is 9.90 Å². The second-order valence-electron chi connectivity index (χ2n) is 3.35. The lowest BCUT2D eigenvalue weighted by molar-refractivity contribution is -0.186. The van der Waals surface area contributed by atoms with Crippen molar-refractivity contribution >= 4 is 5.97 Å². The van der Waals surface area contributed by atoms with E-state index < -0.39 is 24.5 Å². The first-order chi connectivity index (χ1) is 6.02. The zero-order valence-corrected chi connectivity index (χ0v) is 7.64. The van der Waals surface area contributed by atoms with Crippen LogP contribution in [0.1, 0.15) is 13.8 Å². The molecule has 0 unspecified atom stereocenters. The summed E-state index contributed by atoms with van der Waals surface area (Å²) in [6, 6.07) is 0. The first-order valence-corrected chi connectivity index (χ1v) is 4.20. The van der Waals surface area contributed by atoms with Gasteiger partial charge in [0.25, 0.3) is 0 Å². The summed E-state index contributed by atoms with van der Waals surface area (Å²) < 4.78 is 9.64. The normalized spacial score (nSPS) is 33.8. The molecular formula is C8H14O5. The molecule has 5 nitrogen and oxygen atoms in total. The summed E-state index contributed by atoms with van der Waals surface area (Å²) >= 11 is 0. The quantitative estimate of drug-likeness (QED) is 0.561. The average Bonchev–Trinajstić information content (AvgIpc) is 2.36. The molecule has 0 amide bonds. The number of carbonyl (C=O) groups excluding carboxylic acids is 1. The van der Waals surface area contributed by atoms with Crippen molar-refractivity contribution in [2.75, 3.05) is 6.61 Å². The maximum atomic E-state index is 11.1. The molecule has 1 fully saturated rings. The summed E-state index contributed by atoms with van der Waals surface area (Å²) in [5.74, 6) is -0.716. The Kier molecular flexibility index (Phi) is 3.24. The highest BCUT2D eigenvalue weighted by molar-refractivity contribution is 5.71. The van der Waals surface area contributed by atoms with Gasteiger partial charge in [-0.05, 0) is 0 Å². The van der Waals surface area contributed by atoms with Crippen LogP contribution >= 0.6 is 0 Å². The van der Waals surface area contributed by atoms with Crippen molar-refractivity contribution < 1.29 is 24.5 Å². The fourth-order valence-electron chi connectivity index (χ4n) is 0.926. The van der Waals surface area contributed by atoms with Gasteiger partial charge in [-0.15, -0.1) is 0 Å². The molecule has 0 aromatic rings. The van der Waals surface area contributed by atoms with E-state index in [-0.39, 0.29) is 12.5 Å². The van der Waals surface area contributed by atoms with E-state index in [4.69, 9.17) is 14.6 Å². The predicted octanol–water partition coefficient (Wildman–Crippen LogP) is -0.736. The minimum absolute atomic E-state index is 0.00277. The van der Waals surface area contributed by atoms with Crippen LogP contribution in [0.4, 0.5) is 0 Å². The summed E-state index contributed by atoms with van der Waals surface area (Å²) in [6.45, 7) is 3.36. The number of esters is 1. The van der Waals surface area contributed by atoms with E-state index in [0.29, 0.717) is 0 Å². The molecule has 0 aromatic heterocycles. The monoisotopic (exact) mass is 190 g/mol. The second-order valence-corrected chi connectivity index (χ2v) is 3.35. The highest BCUT2D eigenvalue weighted by Crippen LogP contribution is 2.16. The third-order valence-corrected chi connectivity index (χ3v) is 1.81. The SMILES string of the molecule is CC(C)C(=O)O[C@@H]1OC[C@H](O)[C@H]1O. The van der Waals surface area contributed by atoms with Crippen molar-refractivity contribution in [2.24, 2.45) is 5.92 Å². The van der Waals surface area contributed by atoms with Gasteiger partial charge in [0.1, 0.15) is 12.2 Å². The third kappa shape index (κ3) is 2.40. The number of carbonyl (C=O) groups is 1. The largest absolute Gasteiger partial charge is 0.433 e. The molecule has 0 radical (unpaired) electrons. The molecule has 0 aromatic carbocycles. The Morgan fingerprint density at radius 2 is 2.15 bits per heavy atom. The Hall–Kier alpha value is -0.650. The van der Waals surface area contributed by atoms with Gasteiger partial charge in [0.05, 0.1) is 12.5 Å². The topological polar surface area (TPSA) is 76.0 Å². The molecule has 3 atom stereocenters. The lowest BCUT2D eigenvalue weighted by atomic mass is 10.2. The zero-order valence-electron chi connectivity index (χ0n) is 7.64. The molecule has 1 heterocycles. The minimum atomic E-state index is -1.14. The predicted molar refractivity (Wildman–Crippen MR) is 42.7 cm³/mol. The van der Waals surface area contributed by atoms with Crippen molar-refractivity contribution in [3.8, 4) is 0 Å². The molecule has 1 aliphatic rings. The number of aliphatic hydroxyl groups excluding tert-OH is 2. The maximum absolute atomic E-state index is 11.1. The van der Waals surface area contributed by atoms with Crippen LogP contribution in [0.5, 0.6) is 0 Å². The molecule has 13 heavy (non-hydrogen) atoms. The van der Waals surface area contributed by atoms with Crippen LogP contribution in [0.25, 0.3) is 0 Å². The second kappa shape index (κ2) is 4.04. The first-order valence-electron chi connectivity index (χ1n) is 4.20. The van der Waals surface area contributed by atoms with Crippen LogP contribution in [0.15, 0.2) is 0 Å². The van der Waals surface area contributed by atoms with E-state index in [2.05, 4.69) is 0 Å². The van der Waals surface area contributed by atoms with Crippen LogP contribution in [0, 0.1) is 5.92 Å². The summed E-state index contributed by atoms with van der Waals surface area (Å²) in [5, 5.41) is 18.3. The summed E-state index contributed by atoms with van der Waals surface area (Å²) in [5.41, 5.74) is 0. The summed E-state index contributed by atoms with van der Waals surface area (Å²) in [6.07, 6.45) is -3.13. The van der Waals surface area contributed by atoms with E-state index in [1.807, 2.05) is 0 Å². The van der Waals surface area contributed by atoms with Crippen LogP contribution < -0.4 is 0 Å². The van der Waals surface area contributed by atoms with Gasteiger partial charge < -0.3 is 19.7 Å². The maximum Gasteiger partial charge on any atom is 0.310 e. The smallest absolute Gasteiger partial charge is 0.310 e. The number of hydrogen-bond donors (Lipinski definition) is 2. The third-order valence-electron chi connectivity index (χ3n) is 1.81. The number of aliphatic hydroxyl groups is 2. The zero-order chi connectivity index (χ0) is 10.0. The lowest BCUT2D eigenvalue weighted by Crippen LogP contribution is -2.34. The van der Waals surface area contributed by atoms with Crippen LogP contribution in [0.2, 0.25) is 0 Å². The molecule has 5 heteroatoms. The summed E-state index contributed by atoms with van der Waals surface area (Å²) in [7, 11) is 0. The standard InChI is InChI=1S/C8H14O5/c1-4(2)7(11)13-8-6(10)5(9)3-12-8/h4-6,8-10H,3H2,1-2H3/t5-,6+,8-/m0/s1. The van der Waals surface area contributed by atoms with Gasteiger partial charge >= 0.3 is 5.97 Å². The van der Waals surface area contributed by atoms with Crippen molar-refractivity contribution in [1.29, 1.82) is 0 Å². The van der Waals surface area contributed by atoms with E-state index in [0.717, 1.165) is 0 Å². The Bertz CT molecular complexity index is 191. The summed E-state index contributed by atoms with van der Waals surface area (Å²) in [4.78, 5) is 11.1. The van der Waals surface area contributed by atoms with Crippen LogP contribution in [-0.2, 0) is 14.3 Å². The molecule has 76 valence electrons. The van der Waals surface area contributed by atoms with Crippen molar-refractivity contribution in [1.82, 2.24) is 0 Å². The molecule has 1 saturated heterocycles. The van der Waals surface area contributed by atoms with Crippen molar-refractivity contribution in [2.45, 2.75) is 32.3 Å². The number of rotatable bonds is 2. The van der Waals surface area contributed by atoms with E-state index in [1.54, 1.807) is 13.8 Å². The molecule has 1 aliphatic heterocycles. The Morgan fingerprint density at radius 1 is 1.54 bits per heavy atom. The Labute approximate surface area is 76.3 Å². The fourth-order valence-corrected chi connectivity index (χ4v) is 0.926. The highest BCUT2D eigenvalue weighted by Gasteiger charge is 2.37. The molecule has 2 N–H and O–H groups in total. The average molecular weight is 190 g/mol. The van der Waals surface area contributed by atoms with Gasteiger partial charge in [-0.3, -0.25) is 4.79 Å². The molecule has 0 aliphatic carbocycles. The molecule has 0 bridgehead atoms. The van der Waals surface area contributed by atoms with Gasteiger partial charge in [0, 0.05) is 0 Å². The number of hydrogen-bond acceptors (Lipinski definition) is 5. The highest BCUT2D eigenvalue weighted by atomic mass is 16.7. The fraction of sp³-hybridized carbons (Fsp3) is 0.875.